The zero-order valence-electron chi connectivity index (χ0n) is 10.7. The van der Waals surface area contributed by atoms with E-state index in [9.17, 15) is 22.7 Å². The van der Waals surface area contributed by atoms with Gasteiger partial charge in [-0.15, -0.1) is 0 Å². The fourth-order valence-corrected chi connectivity index (χ4v) is 2.37. The van der Waals surface area contributed by atoms with Gasteiger partial charge in [-0.25, -0.2) is 12.8 Å². The number of carbonyl (C=O) groups is 1. The minimum atomic E-state index is -3.32. The van der Waals surface area contributed by atoms with E-state index < -0.39 is 33.4 Å². The maximum absolute atomic E-state index is 12.7. The number of hydrogen-bond donors (Lipinski definition) is 2. The predicted molar refractivity (Wildman–Crippen MR) is 72.2 cm³/mol. The molecule has 1 aromatic rings. The summed E-state index contributed by atoms with van der Waals surface area (Å²) < 4.78 is 34.7. The molecule has 2 atom stereocenters. The Labute approximate surface area is 124 Å². The van der Waals surface area contributed by atoms with Crippen LogP contribution in [0.15, 0.2) is 29.2 Å². The van der Waals surface area contributed by atoms with Crippen LogP contribution in [-0.4, -0.2) is 59.0 Å². The van der Waals surface area contributed by atoms with E-state index in [1.165, 1.54) is 24.3 Å². The van der Waals surface area contributed by atoms with Gasteiger partial charge in [0.2, 0.25) is 0 Å². The lowest BCUT2D eigenvalue weighted by Gasteiger charge is -2.21. The molecule has 20 heavy (non-hydrogen) atoms. The molecule has 0 aliphatic heterocycles. The van der Waals surface area contributed by atoms with Gasteiger partial charge >= 0.3 is 0 Å². The summed E-state index contributed by atoms with van der Waals surface area (Å²) in [6.45, 7) is -0.935. The van der Waals surface area contributed by atoms with Crippen molar-refractivity contribution in [1.82, 2.24) is 5.32 Å². The van der Waals surface area contributed by atoms with Gasteiger partial charge in [0.25, 0.3) is 16.3 Å². The topological polar surface area (TPSA) is 115 Å². The fraction of sp³-hybridized carbons (Fsp3) is 0.364. The molecule has 110 valence electrons. The molecule has 0 bridgehead atoms. The lowest BCUT2D eigenvalue weighted by molar-refractivity contribution is 0.118. The van der Waals surface area contributed by atoms with Gasteiger partial charge in [0, 0.05) is 6.26 Å². The number of rotatable bonds is 5. The Bertz CT molecular complexity index is 548. The quantitative estimate of drug-likeness (QED) is 0.713. The number of alkyl halides is 1. The standard InChI is InChI=1S/C11H13FNO4S.Al.H2O/c1-18(16,17)9-4-2-8(3-5-9)11(15)10(6-12)13-7-14;;/h2-5,10-11,15H,6H2,1H3,(H,13,14);;1H2/t10-,11-;;/m1../s1. The molecule has 1 amide bonds. The number of carbonyl (C=O) groups excluding carboxylic acids is 1. The van der Waals surface area contributed by atoms with Crippen LogP contribution in [0.4, 0.5) is 9.18 Å². The Hall–Kier alpha value is -0.978. The first-order chi connectivity index (χ1) is 8.75. The van der Waals surface area contributed by atoms with E-state index in [0.717, 1.165) is 6.26 Å². The maximum Gasteiger partial charge on any atom is 0.281 e. The van der Waals surface area contributed by atoms with Gasteiger partial charge in [0.1, 0.15) is 12.8 Å². The number of hydrogen-bond acceptors (Lipinski definition) is 4. The normalized spacial score (nSPS) is 13.9. The van der Waals surface area contributed by atoms with Gasteiger partial charge in [-0.3, -0.25) is 0 Å². The summed E-state index contributed by atoms with van der Waals surface area (Å²) in [7, 11) is -3.32. The van der Waals surface area contributed by atoms with Crippen LogP contribution < -0.4 is 5.32 Å². The SMILES string of the molecule is CS(=O)(=O)c1ccc([C@@H](O)[C@@H](CF)N[C](=O)[Al])cc1.O. The van der Waals surface area contributed by atoms with Crippen LogP contribution in [-0.2, 0) is 9.84 Å². The molecule has 0 fully saturated rings. The molecule has 1 rings (SSSR count). The van der Waals surface area contributed by atoms with Crippen LogP contribution in [0.25, 0.3) is 0 Å². The van der Waals surface area contributed by atoms with E-state index in [4.69, 9.17) is 0 Å². The van der Waals surface area contributed by atoms with Crippen LogP contribution in [0.3, 0.4) is 0 Å². The van der Waals surface area contributed by atoms with Crippen LogP contribution in [0.5, 0.6) is 0 Å². The third-order valence-corrected chi connectivity index (χ3v) is 3.82. The van der Waals surface area contributed by atoms with Crippen molar-refractivity contribution in [3.05, 3.63) is 29.8 Å². The molecule has 4 N–H and O–H groups in total. The number of aliphatic hydroxyl groups excluding tert-OH is 1. The Morgan fingerprint density at radius 3 is 2.25 bits per heavy atom. The van der Waals surface area contributed by atoms with Crippen molar-refractivity contribution in [2.24, 2.45) is 0 Å². The van der Waals surface area contributed by atoms with Crippen LogP contribution in [0, 0.1) is 0 Å². The highest BCUT2D eigenvalue weighted by Crippen LogP contribution is 2.19. The molecule has 0 spiro atoms. The van der Waals surface area contributed by atoms with E-state index in [1.807, 2.05) is 16.3 Å². The lowest BCUT2D eigenvalue weighted by Crippen LogP contribution is -2.40. The van der Waals surface area contributed by atoms with Crippen molar-refractivity contribution >= 4 is 30.9 Å². The second-order valence-corrected chi connectivity index (χ2v) is 6.60. The smallest absolute Gasteiger partial charge is 0.281 e. The number of nitrogens with one attached hydrogen (secondary N) is 1. The predicted octanol–water partition coefficient (Wildman–Crippen LogP) is -0.485. The van der Waals surface area contributed by atoms with E-state index >= 15 is 0 Å². The molecule has 0 aliphatic rings. The van der Waals surface area contributed by atoms with Crippen LogP contribution in [0.2, 0.25) is 0 Å². The third kappa shape index (κ3) is 5.19. The first-order valence-electron chi connectivity index (χ1n) is 5.35. The van der Waals surface area contributed by atoms with Crippen molar-refractivity contribution in [2.45, 2.75) is 17.0 Å². The lowest BCUT2D eigenvalue weighted by atomic mass is 10.0. The molecule has 0 aromatic heterocycles. The number of aliphatic hydroxyl groups is 1. The van der Waals surface area contributed by atoms with Crippen molar-refractivity contribution in [3.63, 3.8) is 0 Å². The second-order valence-electron chi connectivity index (χ2n) is 4.06. The average molecular weight is 319 g/mol. The Morgan fingerprint density at radius 2 is 1.90 bits per heavy atom. The third-order valence-electron chi connectivity index (χ3n) is 2.52. The minimum absolute atomic E-state index is 0. The molecule has 9 heteroatoms. The van der Waals surface area contributed by atoms with E-state index in [2.05, 4.69) is 5.32 Å². The highest BCUT2D eigenvalue weighted by Gasteiger charge is 2.21. The van der Waals surface area contributed by atoms with E-state index in [1.54, 1.807) is 0 Å². The zero-order valence-corrected chi connectivity index (χ0v) is 12.7. The van der Waals surface area contributed by atoms with E-state index in [0.29, 0.717) is 5.56 Å². The van der Waals surface area contributed by atoms with Gasteiger partial charge < -0.3 is 20.7 Å². The molecular formula is C11H15AlFNO5S. The first-order valence-corrected chi connectivity index (χ1v) is 7.82. The molecule has 0 heterocycles. The summed E-state index contributed by atoms with van der Waals surface area (Å²) in [5, 5.41) is 12.2. The molecule has 0 saturated heterocycles. The summed E-state index contributed by atoms with van der Waals surface area (Å²) in [4.78, 5) is 10.9. The number of benzene rings is 1. The summed E-state index contributed by atoms with van der Waals surface area (Å²) in [6, 6.07) is 4.35. The second kappa shape index (κ2) is 7.71. The molecular weight excluding hydrogens is 304 g/mol. The number of sulfone groups is 1. The van der Waals surface area contributed by atoms with Crippen molar-refractivity contribution < 1.29 is 28.2 Å². The van der Waals surface area contributed by atoms with Crippen LogP contribution in [0.1, 0.15) is 11.7 Å². The number of amides is 1. The van der Waals surface area contributed by atoms with Gasteiger partial charge in [-0.05, 0) is 17.7 Å². The zero-order chi connectivity index (χ0) is 14.6. The maximum atomic E-state index is 12.7. The van der Waals surface area contributed by atoms with Crippen molar-refractivity contribution in [1.29, 1.82) is 0 Å². The largest absolute Gasteiger partial charge is 0.412 e. The Kier molecular flexibility index (Phi) is 7.33. The Morgan fingerprint density at radius 1 is 1.40 bits per heavy atom. The molecule has 0 unspecified atom stereocenters. The van der Waals surface area contributed by atoms with Gasteiger partial charge in [-0.1, -0.05) is 12.1 Å². The molecule has 6 nitrogen and oxygen atoms in total. The summed E-state index contributed by atoms with van der Waals surface area (Å²) in [5.74, 6) is 0. The summed E-state index contributed by atoms with van der Waals surface area (Å²) in [6.07, 6.45) is -0.180. The van der Waals surface area contributed by atoms with Crippen LogP contribution >= 0.6 is 0 Å². The van der Waals surface area contributed by atoms with Gasteiger partial charge in [0.05, 0.1) is 15.7 Å². The summed E-state index contributed by atoms with van der Waals surface area (Å²) in [5.41, 5.74) is 0.328. The highest BCUT2D eigenvalue weighted by atomic mass is 32.2. The number of halogens is 1. The monoisotopic (exact) mass is 319 g/mol. The van der Waals surface area contributed by atoms with Crippen molar-refractivity contribution in [2.75, 3.05) is 12.9 Å². The van der Waals surface area contributed by atoms with Gasteiger partial charge in [-0.2, -0.15) is 0 Å². The van der Waals surface area contributed by atoms with Crippen molar-refractivity contribution in [3.8, 4) is 0 Å². The molecule has 0 aliphatic carbocycles. The Balaban J connectivity index is 0.00000361. The molecule has 0 saturated carbocycles. The highest BCUT2D eigenvalue weighted by molar-refractivity contribution is 7.90. The fourth-order valence-electron chi connectivity index (χ4n) is 1.53. The average Bonchev–Trinajstić information content (AvgIpc) is 2.34. The minimum Gasteiger partial charge on any atom is -0.412 e. The van der Waals surface area contributed by atoms with Gasteiger partial charge in [0.15, 0.2) is 9.84 Å². The molecule has 2 radical (unpaired) electrons. The summed E-state index contributed by atoms with van der Waals surface area (Å²) >= 11 is 1.83. The first kappa shape index (κ1) is 19.0. The molecule has 1 aromatic carbocycles. The van der Waals surface area contributed by atoms with E-state index in [-0.39, 0.29) is 10.4 Å².